The summed E-state index contributed by atoms with van der Waals surface area (Å²) in [4.78, 5) is 28.7. The summed E-state index contributed by atoms with van der Waals surface area (Å²) in [5.74, 6) is 0.969. The number of ether oxygens (including phenoxy) is 1. The third kappa shape index (κ3) is 5.65. The minimum absolute atomic E-state index is 0.0270. The van der Waals surface area contributed by atoms with Gasteiger partial charge in [0.25, 0.3) is 0 Å². The summed E-state index contributed by atoms with van der Waals surface area (Å²) in [6.07, 6.45) is 2.75. The third-order valence-electron chi connectivity index (χ3n) is 5.47. The van der Waals surface area contributed by atoms with Crippen LogP contribution in [-0.2, 0) is 16.0 Å². The Morgan fingerprint density at radius 1 is 1.00 bits per heavy atom. The van der Waals surface area contributed by atoms with E-state index in [-0.39, 0.29) is 29.6 Å². The molecule has 164 valence electrons. The van der Waals surface area contributed by atoms with Gasteiger partial charge < -0.3 is 15.4 Å². The largest absolute Gasteiger partial charge is 0.439 e. The topological polar surface area (TPSA) is 80.3 Å². The molecular weight excluding hydrogens is 426 g/mol. The van der Waals surface area contributed by atoms with Crippen LogP contribution < -0.4 is 15.4 Å². The minimum atomic E-state index is -0.116. The summed E-state index contributed by atoms with van der Waals surface area (Å²) in [7, 11) is 0. The van der Waals surface area contributed by atoms with Crippen molar-refractivity contribution in [3.05, 3.63) is 77.4 Å². The normalized spacial score (nSPS) is 16.2. The number of halogens is 1. The van der Waals surface area contributed by atoms with Crippen LogP contribution in [0.1, 0.15) is 25.8 Å². The summed E-state index contributed by atoms with van der Waals surface area (Å²) >= 11 is 5.87. The fraction of sp³-hybridized carbons (Fsp3) is 0.240. The monoisotopic (exact) mass is 449 g/mol. The highest BCUT2D eigenvalue weighted by Crippen LogP contribution is 2.52. The molecule has 1 fully saturated rings. The lowest BCUT2D eigenvalue weighted by Gasteiger charge is -2.09. The van der Waals surface area contributed by atoms with Gasteiger partial charge in [0, 0.05) is 22.7 Å². The summed E-state index contributed by atoms with van der Waals surface area (Å²) in [5.41, 5.74) is 2.29. The zero-order valence-electron chi connectivity index (χ0n) is 17.9. The zero-order valence-corrected chi connectivity index (χ0v) is 18.6. The van der Waals surface area contributed by atoms with E-state index in [1.165, 1.54) is 0 Å². The Kier molecular flexibility index (Phi) is 6.15. The molecule has 1 atom stereocenters. The Morgan fingerprint density at radius 3 is 2.25 bits per heavy atom. The Labute approximate surface area is 192 Å². The second kappa shape index (κ2) is 9.01. The molecule has 1 aliphatic rings. The molecule has 1 unspecified atom stereocenters. The standard InChI is InChI=1S/C25H24ClN3O3/c1-25(2)14-21(25)24(31)29-19-9-12-23(27-15-19)32-20-10-7-18(8-11-20)28-22(30)13-16-3-5-17(26)6-4-16/h3-12,15,21H,13-14H2,1-2H3,(H,28,30)(H,29,31). The second-order valence-corrected chi connectivity index (χ2v) is 9.03. The van der Waals surface area contributed by atoms with E-state index in [0.29, 0.717) is 28.0 Å². The highest BCUT2D eigenvalue weighted by atomic mass is 35.5. The van der Waals surface area contributed by atoms with Crippen molar-refractivity contribution in [1.29, 1.82) is 0 Å². The third-order valence-corrected chi connectivity index (χ3v) is 5.72. The van der Waals surface area contributed by atoms with Gasteiger partial charge in [-0.25, -0.2) is 4.98 Å². The number of anilines is 2. The van der Waals surface area contributed by atoms with E-state index < -0.39 is 0 Å². The molecular formula is C25H24ClN3O3. The van der Waals surface area contributed by atoms with Crippen LogP contribution in [0.4, 0.5) is 11.4 Å². The number of nitrogens with zero attached hydrogens (tertiary/aromatic N) is 1. The lowest BCUT2D eigenvalue weighted by Crippen LogP contribution is -2.16. The SMILES string of the molecule is CC1(C)CC1C(=O)Nc1ccc(Oc2ccc(NC(=O)Cc3ccc(Cl)cc3)cc2)nc1. The smallest absolute Gasteiger partial charge is 0.228 e. The van der Waals surface area contributed by atoms with Crippen LogP contribution >= 0.6 is 11.6 Å². The van der Waals surface area contributed by atoms with Gasteiger partial charge in [-0.2, -0.15) is 0 Å². The first-order valence-corrected chi connectivity index (χ1v) is 10.8. The fourth-order valence-corrected chi connectivity index (χ4v) is 3.50. The van der Waals surface area contributed by atoms with E-state index in [1.807, 2.05) is 12.1 Å². The first-order valence-electron chi connectivity index (χ1n) is 10.4. The molecule has 1 aliphatic carbocycles. The van der Waals surface area contributed by atoms with Crippen LogP contribution in [0.15, 0.2) is 66.9 Å². The molecule has 7 heteroatoms. The van der Waals surface area contributed by atoms with Crippen molar-refractivity contribution in [2.75, 3.05) is 10.6 Å². The van der Waals surface area contributed by atoms with Crippen molar-refractivity contribution in [2.45, 2.75) is 26.7 Å². The number of rotatable bonds is 7. The maximum Gasteiger partial charge on any atom is 0.228 e. The van der Waals surface area contributed by atoms with Crippen molar-refractivity contribution < 1.29 is 14.3 Å². The molecule has 1 heterocycles. The molecule has 32 heavy (non-hydrogen) atoms. The molecule has 3 aromatic rings. The van der Waals surface area contributed by atoms with Crippen LogP contribution in [0.3, 0.4) is 0 Å². The van der Waals surface area contributed by atoms with Gasteiger partial charge in [0.15, 0.2) is 0 Å². The van der Waals surface area contributed by atoms with Crippen molar-refractivity contribution in [3.8, 4) is 11.6 Å². The first kappa shape index (κ1) is 21.8. The van der Waals surface area contributed by atoms with Gasteiger partial charge in [-0.1, -0.05) is 37.6 Å². The van der Waals surface area contributed by atoms with Crippen LogP contribution in [0.25, 0.3) is 0 Å². The number of pyridine rings is 1. The Balaban J connectivity index is 1.28. The maximum atomic E-state index is 12.2. The highest BCUT2D eigenvalue weighted by Gasteiger charge is 2.50. The molecule has 2 N–H and O–H groups in total. The maximum absolute atomic E-state index is 12.2. The van der Waals surface area contributed by atoms with Gasteiger partial charge in [0.05, 0.1) is 18.3 Å². The average molecular weight is 450 g/mol. The summed E-state index contributed by atoms with van der Waals surface area (Å²) < 4.78 is 5.75. The number of aromatic nitrogens is 1. The molecule has 0 spiro atoms. The van der Waals surface area contributed by atoms with Gasteiger partial charge in [-0.05, 0) is 59.9 Å². The Morgan fingerprint density at radius 2 is 1.66 bits per heavy atom. The molecule has 0 saturated heterocycles. The molecule has 2 amide bonds. The van der Waals surface area contributed by atoms with Gasteiger partial charge in [-0.3, -0.25) is 9.59 Å². The first-order chi connectivity index (χ1) is 15.3. The second-order valence-electron chi connectivity index (χ2n) is 8.60. The molecule has 0 radical (unpaired) electrons. The lowest BCUT2D eigenvalue weighted by molar-refractivity contribution is -0.118. The highest BCUT2D eigenvalue weighted by molar-refractivity contribution is 6.30. The van der Waals surface area contributed by atoms with Crippen LogP contribution in [0.5, 0.6) is 11.6 Å². The number of nitrogens with one attached hydrogen (secondary N) is 2. The van der Waals surface area contributed by atoms with Crippen LogP contribution in [0, 0.1) is 11.3 Å². The van der Waals surface area contributed by atoms with Crippen molar-refractivity contribution in [1.82, 2.24) is 4.98 Å². The van der Waals surface area contributed by atoms with Crippen molar-refractivity contribution in [2.24, 2.45) is 11.3 Å². The number of amides is 2. The van der Waals surface area contributed by atoms with E-state index in [9.17, 15) is 9.59 Å². The van der Waals surface area contributed by atoms with Crippen LogP contribution in [-0.4, -0.2) is 16.8 Å². The zero-order chi connectivity index (χ0) is 22.7. The van der Waals surface area contributed by atoms with Gasteiger partial charge in [0.1, 0.15) is 5.75 Å². The number of hydrogen-bond acceptors (Lipinski definition) is 4. The molecule has 4 rings (SSSR count). The number of carbonyl (C=O) groups is 2. The van der Waals surface area contributed by atoms with Crippen molar-refractivity contribution >= 4 is 34.8 Å². The summed E-state index contributed by atoms with van der Waals surface area (Å²) in [6.45, 7) is 4.17. The van der Waals surface area contributed by atoms with Crippen LogP contribution in [0.2, 0.25) is 5.02 Å². The lowest BCUT2D eigenvalue weighted by atomic mass is 10.1. The molecule has 0 bridgehead atoms. The molecule has 1 aromatic heterocycles. The molecule has 0 aliphatic heterocycles. The predicted molar refractivity (Wildman–Crippen MR) is 125 cm³/mol. The fourth-order valence-electron chi connectivity index (χ4n) is 3.38. The Bertz CT molecular complexity index is 1110. The summed E-state index contributed by atoms with van der Waals surface area (Å²) in [6, 6.07) is 17.7. The molecule has 1 saturated carbocycles. The predicted octanol–water partition coefficient (Wildman–Crippen LogP) is 5.69. The van der Waals surface area contributed by atoms with E-state index in [2.05, 4.69) is 29.5 Å². The number of hydrogen-bond donors (Lipinski definition) is 2. The van der Waals surface area contributed by atoms with Gasteiger partial charge >= 0.3 is 0 Å². The van der Waals surface area contributed by atoms with E-state index in [1.54, 1.807) is 54.7 Å². The number of carbonyl (C=O) groups excluding carboxylic acids is 2. The quantitative estimate of drug-likeness (QED) is 0.485. The Hall–Kier alpha value is -3.38. The van der Waals surface area contributed by atoms with Gasteiger partial charge in [0.2, 0.25) is 17.7 Å². The average Bonchev–Trinajstić information content (AvgIpc) is 3.41. The number of benzene rings is 2. The van der Waals surface area contributed by atoms with E-state index in [4.69, 9.17) is 16.3 Å². The van der Waals surface area contributed by atoms with E-state index >= 15 is 0 Å². The molecule has 6 nitrogen and oxygen atoms in total. The van der Waals surface area contributed by atoms with Crippen molar-refractivity contribution in [3.63, 3.8) is 0 Å². The summed E-state index contributed by atoms with van der Waals surface area (Å²) in [5, 5.41) is 6.39. The van der Waals surface area contributed by atoms with E-state index in [0.717, 1.165) is 12.0 Å². The van der Waals surface area contributed by atoms with Gasteiger partial charge in [-0.15, -0.1) is 0 Å². The molecule has 2 aromatic carbocycles. The minimum Gasteiger partial charge on any atom is -0.439 e.